The van der Waals surface area contributed by atoms with E-state index in [1.165, 1.54) is 0 Å². The van der Waals surface area contributed by atoms with Crippen LogP contribution in [0.3, 0.4) is 0 Å². The number of rotatable bonds is 4. The van der Waals surface area contributed by atoms with Gasteiger partial charge >= 0.3 is 0 Å². The van der Waals surface area contributed by atoms with Crippen molar-refractivity contribution in [2.45, 2.75) is 65.8 Å². The minimum Gasteiger partial charge on any atom is -0.394 e. The standard InChI is InChI=1S/C7H16O2.C6H14O2/c1-6(5-8)9-7(2,3)4;1-6(2,3)8-5-4-7/h6,8H,5H2,1-4H3;7H,4-5H2,1-3H3. The van der Waals surface area contributed by atoms with Crippen LogP contribution in [0.1, 0.15) is 48.5 Å². The molecule has 0 spiro atoms. The van der Waals surface area contributed by atoms with E-state index in [2.05, 4.69) is 0 Å². The van der Waals surface area contributed by atoms with Crippen LogP contribution in [0.2, 0.25) is 0 Å². The van der Waals surface area contributed by atoms with Gasteiger partial charge in [-0.25, -0.2) is 0 Å². The molecule has 0 rings (SSSR count). The first-order valence-corrected chi connectivity index (χ1v) is 6.05. The maximum Gasteiger partial charge on any atom is 0.0784 e. The fraction of sp³-hybridized carbons (Fsp3) is 1.00. The number of aliphatic hydroxyl groups is 2. The predicted molar refractivity (Wildman–Crippen MR) is 70.2 cm³/mol. The summed E-state index contributed by atoms with van der Waals surface area (Å²) in [5.74, 6) is 0. The lowest BCUT2D eigenvalue weighted by Crippen LogP contribution is -2.27. The molecule has 0 saturated heterocycles. The van der Waals surface area contributed by atoms with Crippen LogP contribution >= 0.6 is 0 Å². The Balaban J connectivity index is 0. The van der Waals surface area contributed by atoms with E-state index in [4.69, 9.17) is 19.7 Å². The average Bonchev–Trinajstić information content (AvgIpc) is 2.12. The van der Waals surface area contributed by atoms with Crippen molar-refractivity contribution in [3.63, 3.8) is 0 Å². The predicted octanol–water partition coefficient (Wildman–Crippen LogP) is 1.98. The minimum atomic E-state index is -0.137. The van der Waals surface area contributed by atoms with Crippen molar-refractivity contribution in [2.24, 2.45) is 0 Å². The van der Waals surface area contributed by atoms with E-state index in [0.717, 1.165) is 0 Å². The third kappa shape index (κ3) is 21.6. The zero-order valence-electron chi connectivity index (χ0n) is 12.4. The fourth-order valence-electron chi connectivity index (χ4n) is 0.993. The smallest absolute Gasteiger partial charge is 0.0784 e. The monoisotopic (exact) mass is 250 g/mol. The molecule has 0 aliphatic carbocycles. The summed E-state index contributed by atoms with van der Waals surface area (Å²) in [5.41, 5.74) is -0.245. The van der Waals surface area contributed by atoms with Crippen LogP contribution in [0.4, 0.5) is 0 Å². The maximum atomic E-state index is 8.57. The lowest BCUT2D eigenvalue weighted by Gasteiger charge is -2.23. The summed E-state index contributed by atoms with van der Waals surface area (Å²) in [6.45, 7) is 14.3. The Kier molecular flexibility index (Phi) is 10.0. The highest BCUT2D eigenvalue weighted by molar-refractivity contribution is 4.61. The molecule has 0 amide bonds. The third-order valence-corrected chi connectivity index (χ3v) is 1.44. The lowest BCUT2D eigenvalue weighted by molar-refractivity contribution is -0.0709. The Hall–Kier alpha value is -0.160. The highest BCUT2D eigenvalue weighted by Crippen LogP contribution is 2.09. The molecule has 0 aliphatic heterocycles. The van der Waals surface area contributed by atoms with Crippen LogP contribution in [0, 0.1) is 0 Å². The van der Waals surface area contributed by atoms with Gasteiger partial charge in [-0.3, -0.25) is 0 Å². The average molecular weight is 250 g/mol. The van der Waals surface area contributed by atoms with Crippen LogP contribution in [-0.4, -0.2) is 47.3 Å². The SMILES string of the molecule is CC(C)(C)OCCO.CC(CO)OC(C)(C)C. The Morgan fingerprint density at radius 1 is 0.941 bits per heavy atom. The normalized spacial score (nSPS) is 13.9. The molecule has 1 atom stereocenters. The van der Waals surface area contributed by atoms with Crippen molar-refractivity contribution in [1.29, 1.82) is 0 Å². The third-order valence-electron chi connectivity index (χ3n) is 1.44. The second-order valence-electron chi connectivity index (χ2n) is 5.91. The molecule has 0 bridgehead atoms. The molecule has 0 aromatic carbocycles. The van der Waals surface area contributed by atoms with Gasteiger partial charge in [0.2, 0.25) is 0 Å². The van der Waals surface area contributed by atoms with E-state index in [1.807, 2.05) is 48.5 Å². The van der Waals surface area contributed by atoms with Gasteiger partial charge < -0.3 is 19.7 Å². The van der Waals surface area contributed by atoms with Gasteiger partial charge in [-0.2, -0.15) is 0 Å². The Labute approximate surface area is 106 Å². The molecule has 0 heterocycles. The molecule has 0 aliphatic rings. The summed E-state index contributed by atoms with van der Waals surface area (Å²) in [6, 6.07) is 0. The van der Waals surface area contributed by atoms with E-state index >= 15 is 0 Å². The molecular formula is C13H30O4. The molecule has 0 radical (unpaired) electrons. The molecule has 17 heavy (non-hydrogen) atoms. The fourth-order valence-corrected chi connectivity index (χ4v) is 0.993. The molecule has 0 fully saturated rings. The van der Waals surface area contributed by atoms with Crippen LogP contribution in [0.15, 0.2) is 0 Å². The van der Waals surface area contributed by atoms with Crippen molar-refractivity contribution < 1.29 is 19.7 Å². The van der Waals surface area contributed by atoms with Crippen molar-refractivity contribution in [1.82, 2.24) is 0 Å². The van der Waals surface area contributed by atoms with Crippen molar-refractivity contribution in [3.05, 3.63) is 0 Å². The van der Waals surface area contributed by atoms with E-state index in [-0.39, 0.29) is 30.5 Å². The molecule has 4 heteroatoms. The van der Waals surface area contributed by atoms with Crippen molar-refractivity contribution >= 4 is 0 Å². The molecule has 4 nitrogen and oxygen atoms in total. The molecular weight excluding hydrogens is 220 g/mol. The van der Waals surface area contributed by atoms with Crippen LogP contribution in [0.25, 0.3) is 0 Å². The molecule has 0 aromatic heterocycles. The van der Waals surface area contributed by atoms with Gasteiger partial charge in [0.05, 0.1) is 37.1 Å². The largest absolute Gasteiger partial charge is 0.394 e. The Morgan fingerprint density at radius 3 is 1.53 bits per heavy atom. The number of ether oxygens (including phenoxy) is 2. The second-order valence-corrected chi connectivity index (χ2v) is 5.91. The topological polar surface area (TPSA) is 58.9 Å². The summed E-state index contributed by atoms with van der Waals surface area (Å²) in [5, 5.41) is 16.9. The highest BCUT2D eigenvalue weighted by Gasteiger charge is 2.13. The number of aliphatic hydroxyl groups excluding tert-OH is 2. The highest BCUT2D eigenvalue weighted by atomic mass is 16.5. The van der Waals surface area contributed by atoms with Gasteiger partial charge in [0.1, 0.15) is 0 Å². The molecule has 0 saturated carbocycles. The maximum absolute atomic E-state index is 8.57. The molecule has 1 unspecified atom stereocenters. The zero-order chi connectivity index (χ0) is 14.1. The first-order valence-electron chi connectivity index (χ1n) is 6.05. The molecule has 0 aromatic rings. The van der Waals surface area contributed by atoms with Gasteiger partial charge in [-0.1, -0.05) is 0 Å². The van der Waals surface area contributed by atoms with Crippen LogP contribution in [-0.2, 0) is 9.47 Å². The zero-order valence-corrected chi connectivity index (χ0v) is 12.4. The van der Waals surface area contributed by atoms with Gasteiger partial charge in [0.25, 0.3) is 0 Å². The minimum absolute atomic E-state index is 0.0509. The van der Waals surface area contributed by atoms with Crippen LogP contribution in [0.5, 0.6) is 0 Å². The molecule has 106 valence electrons. The van der Waals surface area contributed by atoms with Gasteiger partial charge in [-0.15, -0.1) is 0 Å². The van der Waals surface area contributed by atoms with Crippen molar-refractivity contribution in [3.8, 4) is 0 Å². The summed E-state index contributed by atoms with van der Waals surface area (Å²) in [6.07, 6.45) is -0.0509. The van der Waals surface area contributed by atoms with Gasteiger partial charge in [0, 0.05) is 0 Å². The lowest BCUT2D eigenvalue weighted by atomic mass is 10.2. The number of hydrogen-bond donors (Lipinski definition) is 2. The number of hydrogen-bond acceptors (Lipinski definition) is 4. The van der Waals surface area contributed by atoms with Gasteiger partial charge in [-0.05, 0) is 48.5 Å². The van der Waals surface area contributed by atoms with E-state index in [0.29, 0.717) is 6.61 Å². The Morgan fingerprint density at radius 2 is 1.41 bits per heavy atom. The quantitative estimate of drug-likeness (QED) is 0.801. The summed E-state index contributed by atoms with van der Waals surface area (Å²) < 4.78 is 10.5. The van der Waals surface area contributed by atoms with E-state index in [1.54, 1.807) is 0 Å². The summed E-state index contributed by atoms with van der Waals surface area (Å²) in [4.78, 5) is 0. The first-order chi connectivity index (χ1) is 7.52. The van der Waals surface area contributed by atoms with E-state index in [9.17, 15) is 0 Å². The summed E-state index contributed by atoms with van der Waals surface area (Å²) >= 11 is 0. The van der Waals surface area contributed by atoms with Crippen LogP contribution < -0.4 is 0 Å². The first kappa shape index (κ1) is 19.2. The summed E-state index contributed by atoms with van der Waals surface area (Å²) in [7, 11) is 0. The van der Waals surface area contributed by atoms with E-state index < -0.39 is 0 Å². The molecule has 2 N–H and O–H groups in total. The second kappa shape index (κ2) is 8.86. The Bertz CT molecular complexity index is 167. The van der Waals surface area contributed by atoms with Crippen molar-refractivity contribution in [2.75, 3.05) is 19.8 Å². The van der Waals surface area contributed by atoms with Gasteiger partial charge in [0.15, 0.2) is 0 Å².